The number of hydrogen-bond acceptors (Lipinski definition) is 5. The number of amides is 5. The van der Waals surface area contributed by atoms with E-state index in [1.165, 1.54) is 4.90 Å². The Hall–Kier alpha value is -2.45. The summed E-state index contributed by atoms with van der Waals surface area (Å²) >= 11 is 5.99. The second kappa shape index (κ2) is 8.29. The molecule has 26 heavy (non-hydrogen) atoms. The van der Waals surface area contributed by atoms with Crippen molar-refractivity contribution in [2.45, 2.75) is 13.8 Å². The summed E-state index contributed by atoms with van der Waals surface area (Å²) in [5.41, 5.74) is 0.471. The zero-order valence-electron chi connectivity index (χ0n) is 14.9. The molecule has 0 bridgehead atoms. The number of carbonyl (C=O) groups excluding carboxylic acids is 4. The third-order valence-corrected chi connectivity index (χ3v) is 3.96. The highest BCUT2D eigenvalue weighted by Crippen LogP contribution is 2.20. The fourth-order valence-corrected chi connectivity index (χ4v) is 2.67. The Morgan fingerprint density at radius 3 is 2.38 bits per heavy atom. The Morgan fingerprint density at radius 1 is 1.15 bits per heavy atom. The molecule has 9 heteroatoms. The average Bonchev–Trinajstić information content (AvgIpc) is 2.74. The van der Waals surface area contributed by atoms with Crippen LogP contribution in [0.1, 0.15) is 13.8 Å². The van der Waals surface area contributed by atoms with Crippen molar-refractivity contribution in [1.29, 1.82) is 0 Å². The minimum atomic E-state index is -0.881. The Morgan fingerprint density at radius 2 is 1.77 bits per heavy atom. The molecule has 1 saturated heterocycles. The molecular formula is C17H21ClN4O4. The van der Waals surface area contributed by atoms with Gasteiger partial charge in [0.05, 0.1) is 23.9 Å². The van der Waals surface area contributed by atoms with Crippen molar-refractivity contribution < 1.29 is 19.2 Å². The molecule has 0 unspecified atom stereocenters. The van der Waals surface area contributed by atoms with Crippen LogP contribution in [0, 0.1) is 5.92 Å². The van der Waals surface area contributed by atoms with Gasteiger partial charge in [-0.1, -0.05) is 37.6 Å². The summed E-state index contributed by atoms with van der Waals surface area (Å²) < 4.78 is 0. The van der Waals surface area contributed by atoms with Crippen LogP contribution in [-0.2, 0) is 14.4 Å². The van der Waals surface area contributed by atoms with E-state index < -0.39 is 17.8 Å². The Kier molecular flexibility index (Phi) is 6.33. The van der Waals surface area contributed by atoms with Crippen LogP contribution in [0.4, 0.5) is 10.5 Å². The number of para-hydroxylation sites is 1. The summed E-state index contributed by atoms with van der Waals surface area (Å²) in [6, 6.07) is 6.14. The molecule has 1 aromatic rings. The molecule has 0 spiro atoms. The highest BCUT2D eigenvalue weighted by molar-refractivity contribution is 6.44. The van der Waals surface area contributed by atoms with Crippen LogP contribution >= 0.6 is 11.6 Å². The van der Waals surface area contributed by atoms with Gasteiger partial charge in [0, 0.05) is 6.54 Å². The lowest BCUT2D eigenvalue weighted by atomic mass is 10.2. The molecule has 8 nitrogen and oxygen atoms in total. The summed E-state index contributed by atoms with van der Waals surface area (Å²) in [5.74, 6) is -2.02. The number of anilines is 1. The Balaban J connectivity index is 1.94. The second-order valence-corrected chi connectivity index (χ2v) is 6.92. The minimum absolute atomic E-state index is 0.0507. The lowest BCUT2D eigenvalue weighted by Crippen LogP contribution is -2.43. The monoisotopic (exact) mass is 380 g/mol. The van der Waals surface area contributed by atoms with E-state index in [-0.39, 0.29) is 31.6 Å². The van der Waals surface area contributed by atoms with E-state index in [0.717, 1.165) is 9.80 Å². The summed E-state index contributed by atoms with van der Waals surface area (Å²) in [4.78, 5) is 51.6. The maximum atomic E-state index is 12.3. The topological polar surface area (TPSA) is 90.0 Å². The number of imide groups is 2. The van der Waals surface area contributed by atoms with E-state index in [1.807, 2.05) is 13.8 Å². The molecule has 1 aromatic carbocycles. The lowest BCUT2D eigenvalue weighted by Gasteiger charge is -2.22. The number of likely N-dealkylation sites (N-methyl/N-ethyl adjacent to an activating group) is 1. The Labute approximate surface area is 156 Å². The van der Waals surface area contributed by atoms with Crippen LogP contribution in [0.3, 0.4) is 0 Å². The van der Waals surface area contributed by atoms with E-state index >= 15 is 0 Å². The number of carbonyl (C=O) groups is 4. The van der Waals surface area contributed by atoms with Crippen LogP contribution in [0.15, 0.2) is 24.3 Å². The molecular weight excluding hydrogens is 360 g/mol. The molecule has 0 saturated carbocycles. The van der Waals surface area contributed by atoms with Gasteiger partial charge in [0.25, 0.3) is 0 Å². The van der Waals surface area contributed by atoms with Gasteiger partial charge >= 0.3 is 17.8 Å². The number of rotatable bonds is 7. The van der Waals surface area contributed by atoms with Crippen molar-refractivity contribution >= 4 is 41.0 Å². The van der Waals surface area contributed by atoms with Crippen LogP contribution < -0.4 is 5.32 Å². The molecule has 0 radical (unpaired) electrons. The third kappa shape index (κ3) is 4.59. The molecule has 1 aliphatic rings. The summed E-state index contributed by atoms with van der Waals surface area (Å²) in [7, 11) is 1.57. The molecule has 1 aliphatic heterocycles. The predicted octanol–water partition coefficient (Wildman–Crippen LogP) is 1.61. The zero-order chi connectivity index (χ0) is 19.4. The van der Waals surface area contributed by atoms with Crippen molar-refractivity contribution in [2.75, 3.05) is 32.1 Å². The van der Waals surface area contributed by atoms with Gasteiger partial charge in [-0.05, 0) is 25.1 Å². The SMILES string of the molecule is CC(C)CN1C(=O)C(=O)N(CN(C)CC(=O)Nc2ccccc2Cl)C1=O. The molecule has 1 heterocycles. The number of nitrogens with one attached hydrogen (secondary N) is 1. The van der Waals surface area contributed by atoms with Crippen LogP contribution in [0.25, 0.3) is 0 Å². The smallest absolute Gasteiger partial charge is 0.324 e. The van der Waals surface area contributed by atoms with Crippen molar-refractivity contribution in [2.24, 2.45) is 5.92 Å². The molecule has 5 amide bonds. The number of urea groups is 1. The van der Waals surface area contributed by atoms with E-state index in [9.17, 15) is 19.2 Å². The fraction of sp³-hybridized carbons (Fsp3) is 0.412. The number of hydrogen-bond donors (Lipinski definition) is 1. The van der Waals surface area contributed by atoms with Crippen molar-refractivity contribution in [3.63, 3.8) is 0 Å². The summed E-state index contributed by atoms with van der Waals surface area (Å²) in [6.07, 6.45) is 0. The zero-order valence-corrected chi connectivity index (χ0v) is 15.6. The highest BCUT2D eigenvalue weighted by Gasteiger charge is 2.44. The first kappa shape index (κ1) is 19.9. The second-order valence-electron chi connectivity index (χ2n) is 6.51. The van der Waals surface area contributed by atoms with Gasteiger partial charge in [-0.3, -0.25) is 24.2 Å². The van der Waals surface area contributed by atoms with E-state index in [4.69, 9.17) is 11.6 Å². The van der Waals surface area contributed by atoms with Gasteiger partial charge in [-0.25, -0.2) is 9.69 Å². The quantitative estimate of drug-likeness (QED) is 0.573. The molecule has 2 rings (SSSR count). The summed E-state index contributed by atoms with van der Waals surface area (Å²) in [6.45, 7) is 3.63. The van der Waals surface area contributed by atoms with Gasteiger partial charge < -0.3 is 5.32 Å². The molecule has 0 aliphatic carbocycles. The molecule has 140 valence electrons. The van der Waals surface area contributed by atoms with Crippen LogP contribution in [0.5, 0.6) is 0 Å². The highest BCUT2D eigenvalue weighted by atomic mass is 35.5. The number of nitrogens with zero attached hydrogens (tertiary/aromatic N) is 3. The Bertz CT molecular complexity index is 737. The van der Waals surface area contributed by atoms with E-state index in [2.05, 4.69) is 5.32 Å². The van der Waals surface area contributed by atoms with Gasteiger partial charge in [0.1, 0.15) is 0 Å². The minimum Gasteiger partial charge on any atom is -0.324 e. The lowest BCUT2D eigenvalue weighted by molar-refractivity contribution is -0.144. The van der Waals surface area contributed by atoms with Gasteiger partial charge in [0.2, 0.25) is 5.91 Å². The van der Waals surface area contributed by atoms with Crippen molar-refractivity contribution in [1.82, 2.24) is 14.7 Å². The number of halogens is 1. The predicted molar refractivity (Wildman–Crippen MR) is 96.4 cm³/mol. The third-order valence-electron chi connectivity index (χ3n) is 3.63. The maximum absolute atomic E-state index is 12.3. The fourth-order valence-electron chi connectivity index (χ4n) is 2.49. The maximum Gasteiger partial charge on any atom is 0.335 e. The van der Waals surface area contributed by atoms with Gasteiger partial charge in [-0.2, -0.15) is 0 Å². The van der Waals surface area contributed by atoms with Crippen molar-refractivity contribution in [3.8, 4) is 0 Å². The van der Waals surface area contributed by atoms with E-state index in [1.54, 1.807) is 31.3 Å². The number of benzene rings is 1. The largest absolute Gasteiger partial charge is 0.335 e. The summed E-state index contributed by atoms with van der Waals surface area (Å²) in [5, 5.41) is 3.06. The van der Waals surface area contributed by atoms with Gasteiger partial charge in [-0.15, -0.1) is 0 Å². The first-order valence-electron chi connectivity index (χ1n) is 8.11. The van der Waals surface area contributed by atoms with Gasteiger partial charge in [0.15, 0.2) is 0 Å². The first-order valence-corrected chi connectivity index (χ1v) is 8.48. The van der Waals surface area contributed by atoms with Crippen LogP contribution in [-0.4, -0.2) is 65.3 Å². The normalized spacial score (nSPS) is 14.8. The molecule has 1 N–H and O–H groups in total. The van der Waals surface area contributed by atoms with E-state index in [0.29, 0.717) is 10.7 Å². The van der Waals surface area contributed by atoms with Crippen LogP contribution in [0.2, 0.25) is 5.02 Å². The molecule has 0 aromatic heterocycles. The first-order chi connectivity index (χ1) is 12.2. The molecule has 0 atom stereocenters. The standard InChI is InChI=1S/C17H21ClN4O4/c1-11(2)8-21-15(24)16(25)22(17(21)26)10-20(3)9-14(23)19-13-7-5-4-6-12(13)18/h4-7,11H,8-10H2,1-3H3,(H,19,23). The van der Waals surface area contributed by atoms with Crippen molar-refractivity contribution in [3.05, 3.63) is 29.3 Å². The molecule has 1 fully saturated rings. The average molecular weight is 381 g/mol.